The average molecular weight is 359 g/mol. The number of carbonyl (C=O) groups excluding carboxylic acids is 1. The molecular formula is C18H15ClN2O4. The third-order valence-electron chi connectivity index (χ3n) is 3.61. The molecule has 0 spiro atoms. The van der Waals surface area contributed by atoms with E-state index in [0.717, 1.165) is 5.56 Å². The maximum absolute atomic E-state index is 12.4. The summed E-state index contributed by atoms with van der Waals surface area (Å²) in [5.41, 5.74) is 1.72. The van der Waals surface area contributed by atoms with E-state index in [2.05, 4.69) is 10.5 Å². The van der Waals surface area contributed by atoms with Gasteiger partial charge in [0, 0.05) is 0 Å². The van der Waals surface area contributed by atoms with Gasteiger partial charge in [-0.2, -0.15) is 0 Å². The normalized spacial score (nSPS) is 10.4. The average Bonchev–Trinajstić information content (AvgIpc) is 3.09. The molecule has 0 bridgehead atoms. The van der Waals surface area contributed by atoms with E-state index in [4.69, 9.17) is 25.6 Å². The molecule has 0 atom stereocenters. The van der Waals surface area contributed by atoms with Gasteiger partial charge in [-0.25, -0.2) is 0 Å². The van der Waals surface area contributed by atoms with Crippen LogP contribution < -0.4 is 14.8 Å². The van der Waals surface area contributed by atoms with Crippen LogP contribution in [0.5, 0.6) is 11.5 Å². The van der Waals surface area contributed by atoms with Gasteiger partial charge in [0.15, 0.2) is 11.5 Å². The summed E-state index contributed by atoms with van der Waals surface area (Å²) in [5, 5.41) is 6.81. The minimum absolute atomic E-state index is 0.220. The molecule has 1 aromatic heterocycles. The summed E-state index contributed by atoms with van der Waals surface area (Å²) in [6, 6.07) is 12.1. The van der Waals surface area contributed by atoms with Crippen molar-refractivity contribution in [1.82, 2.24) is 5.16 Å². The number of halogens is 1. The van der Waals surface area contributed by atoms with Crippen LogP contribution in [0.4, 0.5) is 5.88 Å². The minimum Gasteiger partial charge on any atom is -0.493 e. The van der Waals surface area contributed by atoms with Crippen molar-refractivity contribution in [3.05, 3.63) is 59.2 Å². The highest BCUT2D eigenvalue weighted by Gasteiger charge is 2.17. The molecular weight excluding hydrogens is 344 g/mol. The van der Waals surface area contributed by atoms with Crippen LogP contribution in [-0.4, -0.2) is 25.3 Å². The molecule has 3 aromatic rings. The van der Waals surface area contributed by atoms with Crippen molar-refractivity contribution >= 4 is 23.4 Å². The Balaban J connectivity index is 1.91. The van der Waals surface area contributed by atoms with Crippen molar-refractivity contribution in [3.8, 4) is 22.6 Å². The van der Waals surface area contributed by atoms with Gasteiger partial charge in [-0.15, -0.1) is 0 Å². The first-order valence-corrected chi connectivity index (χ1v) is 7.74. The predicted molar refractivity (Wildman–Crippen MR) is 94.4 cm³/mol. The zero-order valence-corrected chi connectivity index (χ0v) is 14.3. The molecule has 128 valence electrons. The van der Waals surface area contributed by atoms with Crippen molar-refractivity contribution in [3.63, 3.8) is 0 Å². The standard InChI is InChI=1S/C18H15ClN2O4/c1-23-15-8-7-11(9-16(15)24-2)13-10-20-25-18(13)21-17(22)12-5-3-4-6-14(12)19/h3-10H,1-2H3,(H,21,22). The monoisotopic (exact) mass is 358 g/mol. The van der Waals surface area contributed by atoms with Crippen LogP contribution in [0.2, 0.25) is 5.02 Å². The van der Waals surface area contributed by atoms with Gasteiger partial charge in [0.05, 0.1) is 36.6 Å². The molecule has 25 heavy (non-hydrogen) atoms. The van der Waals surface area contributed by atoms with E-state index < -0.39 is 0 Å². The van der Waals surface area contributed by atoms with Gasteiger partial charge in [-0.05, 0) is 29.8 Å². The van der Waals surface area contributed by atoms with Gasteiger partial charge in [-0.1, -0.05) is 35.0 Å². The first kappa shape index (κ1) is 16.9. The zero-order chi connectivity index (χ0) is 17.8. The Morgan fingerprint density at radius 1 is 1.12 bits per heavy atom. The second-order valence-corrected chi connectivity index (χ2v) is 5.48. The fraction of sp³-hybridized carbons (Fsp3) is 0.111. The van der Waals surface area contributed by atoms with Gasteiger partial charge >= 0.3 is 0 Å². The number of benzene rings is 2. The van der Waals surface area contributed by atoms with Gasteiger partial charge in [0.1, 0.15) is 0 Å². The lowest BCUT2D eigenvalue weighted by atomic mass is 10.1. The molecule has 0 radical (unpaired) electrons. The fourth-order valence-corrected chi connectivity index (χ4v) is 2.58. The maximum atomic E-state index is 12.4. The Morgan fingerprint density at radius 2 is 1.88 bits per heavy atom. The quantitative estimate of drug-likeness (QED) is 0.737. The summed E-state index contributed by atoms with van der Waals surface area (Å²) in [7, 11) is 3.11. The zero-order valence-electron chi connectivity index (χ0n) is 13.6. The van der Waals surface area contributed by atoms with E-state index in [1.165, 1.54) is 6.20 Å². The van der Waals surface area contributed by atoms with Gasteiger partial charge in [-0.3, -0.25) is 10.1 Å². The number of nitrogens with zero attached hydrogens (tertiary/aromatic N) is 1. The molecule has 0 fully saturated rings. The van der Waals surface area contributed by atoms with Crippen LogP contribution in [-0.2, 0) is 0 Å². The summed E-state index contributed by atoms with van der Waals surface area (Å²) in [6.07, 6.45) is 1.52. The van der Waals surface area contributed by atoms with Crippen molar-refractivity contribution < 1.29 is 18.8 Å². The predicted octanol–water partition coefficient (Wildman–Crippen LogP) is 4.26. The molecule has 0 aliphatic rings. The summed E-state index contributed by atoms with van der Waals surface area (Å²) < 4.78 is 15.7. The van der Waals surface area contributed by atoms with Crippen molar-refractivity contribution in [2.45, 2.75) is 0 Å². The summed E-state index contributed by atoms with van der Waals surface area (Å²) in [5.74, 6) is 0.996. The molecule has 0 aliphatic heterocycles. The third-order valence-corrected chi connectivity index (χ3v) is 3.94. The molecule has 3 rings (SSSR count). The molecule has 1 amide bonds. The van der Waals surface area contributed by atoms with Crippen molar-refractivity contribution in [2.24, 2.45) is 0 Å². The van der Waals surface area contributed by atoms with Crippen LogP contribution in [0, 0.1) is 0 Å². The Kier molecular flexibility index (Phi) is 4.90. The van der Waals surface area contributed by atoms with Crippen LogP contribution in [0.3, 0.4) is 0 Å². The maximum Gasteiger partial charge on any atom is 0.259 e. The van der Waals surface area contributed by atoms with E-state index in [1.54, 1.807) is 50.6 Å². The van der Waals surface area contributed by atoms with Crippen LogP contribution in [0.1, 0.15) is 10.4 Å². The van der Waals surface area contributed by atoms with Crippen LogP contribution in [0.15, 0.2) is 53.2 Å². The lowest BCUT2D eigenvalue weighted by Crippen LogP contribution is -2.12. The Morgan fingerprint density at radius 3 is 2.60 bits per heavy atom. The summed E-state index contributed by atoms with van der Waals surface area (Å²) in [6.45, 7) is 0. The van der Waals surface area contributed by atoms with Gasteiger partial charge in [0.25, 0.3) is 5.91 Å². The highest BCUT2D eigenvalue weighted by atomic mass is 35.5. The molecule has 0 aliphatic carbocycles. The molecule has 7 heteroatoms. The number of ether oxygens (including phenoxy) is 2. The van der Waals surface area contributed by atoms with E-state index in [1.807, 2.05) is 6.07 Å². The SMILES string of the molecule is COc1ccc(-c2cnoc2NC(=O)c2ccccc2Cl)cc1OC. The highest BCUT2D eigenvalue weighted by molar-refractivity contribution is 6.34. The molecule has 0 saturated carbocycles. The number of amides is 1. The largest absolute Gasteiger partial charge is 0.493 e. The Hall–Kier alpha value is -2.99. The second kappa shape index (κ2) is 7.27. The van der Waals surface area contributed by atoms with Crippen molar-refractivity contribution in [1.29, 1.82) is 0 Å². The van der Waals surface area contributed by atoms with Crippen molar-refractivity contribution in [2.75, 3.05) is 19.5 Å². The number of anilines is 1. The number of rotatable bonds is 5. The fourth-order valence-electron chi connectivity index (χ4n) is 2.35. The lowest BCUT2D eigenvalue weighted by molar-refractivity contribution is 0.102. The molecule has 1 heterocycles. The number of methoxy groups -OCH3 is 2. The van der Waals surface area contributed by atoms with E-state index in [9.17, 15) is 4.79 Å². The van der Waals surface area contributed by atoms with Gasteiger partial charge in [0.2, 0.25) is 5.88 Å². The molecule has 6 nitrogen and oxygen atoms in total. The summed E-state index contributed by atoms with van der Waals surface area (Å²) >= 11 is 6.05. The molecule has 0 unspecified atom stereocenters. The second-order valence-electron chi connectivity index (χ2n) is 5.07. The Labute approximate surface area is 149 Å². The number of hydrogen-bond acceptors (Lipinski definition) is 5. The van der Waals surface area contributed by atoms with Gasteiger partial charge < -0.3 is 14.0 Å². The van der Waals surface area contributed by atoms with E-state index in [0.29, 0.717) is 27.6 Å². The number of hydrogen-bond donors (Lipinski definition) is 1. The number of aromatic nitrogens is 1. The highest BCUT2D eigenvalue weighted by Crippen LogP contribution is 2.35. The number of nitrogens with one attached hydrogen (secondary N) is 1. The third kappa shape index (κ3) is 3.44. The van der Waals surface area contributed by atoms with Crippen LogP contribution in [0.25, 0.3) is 11.1 Å². The summed E-state index contributed by atoms with van der Waals surface area (Å²) in [4.78, 5) is 12.4. The van der Waals surface area contributed by atoms with E-state index >= 15 is 0 Å². The lowest BCUT2D eigenvalue weighted by Gasteiger charge is -2.10. The first-order valence-electron chi connectivity index (χ1n) is 7.37. The van der Waals surface area contributed by atoms with E-state index in [-0.39, 0.29) is 11.8 Å². The molecule has 2 aromatic carbocycles. The molecule has 1 N–H and O–H groups in total. The number of carbonyl (C=O) groups is 1. The molecule has 0 saturated heterocycles. The topological polar surface area (TPSA) is 73.6 Å². The smallest absolute Gasteiger partial charge is 0.259 e. The Bertz CT molecular complexity index is 908. The van der Waals surface area contributed by atoms with Crippen LogP contribution >= 0.6 is 11.6 Å². The first-order chi connectivity index (χ1) is 12.1. The minimum atomic E-state index is -0.385.